The lowest BCUT2D eigenvalue weighted by Crippen LogP contribution is -2.01. The molecule has 0 amide bonds. The number of anilines is 1. The molecule has 2 heterocycles. The molecule has 0 saturated carbocycles. The van der Waals surface area contributed by atoms with Crippen molar-refractivity contribution in [1.29, 1.82) is 0 Å². The van der Waals surface area contributed by atoms with Crippen LogP contribution < -0.4 is 5.73 Å². The Morgan fingerprint density at radius 1 is 1.05 bits per heavy atom. The van der Waals surface area contributed by atoms with Gasteiger partial charge in [-0.25, -0.2) is 4.98 Å². The summed E-state index contributed by atoms with van der Waals surface area (Å²) >= 11 is 0. The van der Waals surface area contributed by atoms with Crippen LogP contribution in [0.1, 0.15) is 12.5 Å². The van der Waals surface area contributed by atoms with E-state index in [1.54, 1.807) is 24.5 Å². The highest BCUT2D eigenvalue weighted by Crippen LogP contribution is 2.35. The number of nitrogen functional groups attached to an aromatic ring is 1. The van der Waals surface area contributed by atoms with Gasteiger partial charge in [-0.15, -0.1) is 0 Å². The zero-order valence-corrected chi connectivity index (χ0v) is 12.3. The molecular weight excluding hydrogens is 274 g/mol. The van der Waals surface area contributed by atoms with E-state index >= 15 is 0 Å². The predicted molar refractivity (Wildman–Crippen MR) is 88.4 cm³/mol. The molecule has 22 heavy (non-hydrogen) atoms. The van der Waals surface area contributed by atoms with Gasteiger partial charge in [-0.2, -0.15) is 0 Å². The lowest BCUT2D eigenvalue weighted by atomic mass is 9.92. The van der Waals surface area contributed by atoms with Gasteiger partial charge in [0.25, 0.3) is 0 Å². The Morgan fingerprint density at radius 2 is 1.82 bits per heavy atom. The molecule has 0 aliphatic heterocycles. The molecule has 0 radical (unpaired) electrons. The van der Waals surface area contributed by atoms with Gasteiger partial charge in [0, 0.05) is 35.3 Å². The van der Waals surface area contributed by atoms with Crippen LogP contribution in [0.15, 0.2) is 55.0 Å². The molecule has 0 atom stereocenters. The van der Waals surface area contributed by atoms with Gasteiger partial charge in [-0.3, -0.25) is 4.98 Å². The maximum Gasteiger partial charge on any atom is 0.131 e. The minimum atomic E-state index is 0.233. The van der Waals surface area contributed by atoms with Crippen LogP contribution in [0.3, 0.4) is 0 Å². The van der Waals surface area contributed by atoms with Crippen molar-refractivity contribution in [2.75, 3.05) is 5.73 Å². The van der Waals surface area contributed by atoms with Gasteiger partial charge in [-0.1, -0.05) is 25.1 Å². The number of benzene rings is 1. The monoisotopic (exact) mass is 291 g/mol. The summed E-state index contributed by atoms with van der Waals surface area (Å²) in [4.78, 5) is 8.53. The summed E-state index contributed by atoms with van der Waals surface area (Å²) in [6, 6.07) is 10.9. The van der Waals surface area contributed by atoms with Crippen molar-refractivity contribution >= 4 is 5.82 Å². The highest BCUT2D eigenvalue weighted by molar-refractivity contribution is 5.84. The average molecular weight is 291 g/mol. The summed E-state index contributed by atoms with van der Waals surface area (Å²) in [5.74, 6) is 0.729. The lowest BCUT2D eigenvalue weighted by Gasteiger charge is -2.15. The number of nitrogens with two attached hydrogens (primary N) is 1. The van der Waals surface area contributed by atoms with E-state index in [4.69, 9.17) is 5.73 Å². The van der Waals surface area contributed by atoms with Gasteiger partial charge in [0.15, 0.2) is 0 Å². The third-order valence-electron chi connectivity index (χ3n) is 3.70. The van der Waals surface area contributed by atoms with Crippen molar-refractivity contribution in [3.63, 3.8) is 0 Å². The largest absolute Gasteiger partial charge is 0.508 e. The fourth-order valence-electron chi connectivity index (χ4n) is 2.65. The second-order valence-corrected chi connectivity index (χ2v) is 5.05. The van der Waals surface area contributed by atoms with Crippen molar-refractivity contribution in [1.82, 2.24) is 9.97 Å². The normalized spacial score (nSPS) is 10.6. The van der Waals surface area contributed by atoms with E-state index in [9.17, 15) is 5.11 Å². The number of rotatable bonds is 3. The number of pyridine rings is 2. The Morgan fingerprint density at radius 3 is 2.45 bits per heavy atom. The van der Waals surface area contributed by atoms with Crippen LogP contribution in [0, 0.1) is 0 Å². The minimum Gasteiger partial charge on any atom is -0.508 e. The fraction of sp³-hybridized carbons (Fsp3) is 0.111. The molecule has 0 spiro atoms. The molecule has 110 valence electrons. The third kappa shape index (κ3) is 2.51. The molecule has 0 fully saturated rings. The molecule has 2 aromatic heterocycles. The second-order valence-electron chi connectivity index (χ2n) is 5.05. The minimum absolute atomic E-state index is 0.233. The van der Waals surface area contributed by atoms with Gasteiger partial charge < -0.3 is 10.8 Å². The van der Waals surface area contributed by atoms with E-state index in [2.05, 4.69) is 16.9 Å². The molecule has 4 heteroatoms. The van der Waals surface area contributed by atoms with Crippen LogP contribution in [0.25, 0.3) is 22.3 Å². The van der Waals surface area contributed by atoms with Crippen molar-refractivity contribution < 1.29 is 5.11 Å². The molecule has 3 N–H and O–H groups in total. The quantitative estimate of drug-likeness (QED) is 0.772. The van der Waals surface area contributed by atoms with Crippen molar-refractivity contribution in [3.05, 3.63) is 60.6 Å². The van der Waals surface area contributed by atoms with Gasteiger partial charge in [0.1, 0.15) is 11.6 Å². The van der Waals surface area contributed by atoms with Crippen molar-refractivity contribution in [3.8, 4) is 28.0 Å². The summed E-state index contributed by atoms with van der Waals surface area (Å²) in [5.41, 5.74) is 11.2. The second kappa shape index (κ2) is 5.85. The summed E-state index contributed by atoms with van der Waals surface area (Å²) < 4.78 is 0. The average Bonchev–Trinajstić information content (AvgIpc) is 2.56. The number of hydrogen-bond acceptors (Lipinski definition) is 4. The third-order valence-corrected chi connectivity index (χ3v) is 3.70. The first-order chi connectivity index (χ1) is 10.7. The van der Waals surface area contributed by atoms with Crippen LogP contribution in [0.2, 0.25) is 0 Å². The Balaban J connectivity index is 2.24. The van der Waals surface area contributed by atoms with E-state index < -0.39 is 0 Å². The molecule has 0 unspecified atom stereocenters. The van der Waals surface area contributed by atoms with E-state index in [1.807, 2.05) is 30.5 Å². The molecule has 1 aromatic carbocycles. The van der Waals surface area contributed by atoms with E-state index in [1.165, 1.54) is 0 Å². The Labute approximate surface area is 129 Å². The van der Waals surface area contributed by atoms with E-state index in [0.717, 1.165) is 34.2 Å². The molecular formula is C18H17N3O. The van der Waals surface area contributed by atoms with Crippen LogP contribution >= 0.6 is 0 Å². The van der Waals surface area contributed by atoms with Gasteiger partial charge in [0.2, 0.25) is 0 Å². The zero-order chi connectivity index (χ0) is 15.5. The zero-order valence-electron chi connectivity index (χ0n) is 12.3. The molecule has 3 aromatic rings. The molecule has 3 rings (SSSR count). The van der Waals surface area contributed by atoms with Crippen molar-refractivity contribution in [2.45, 2.75) is 13.3 Å². The highest BCUT2D eigenvalue weighted by Gasteiger charge is 2.15. The molecule has 4 nitrogen and oxygen atoms in total. The number of aromatic hydroxyl groups is 1. The molecule has 0 aliphatic rings. The molecule has 0 saturated heterocycles. The first kappa shape index (κ1) is 14.1. The first-order valence-corrected chi connectivity index (χ1v) is 7.18. The number of nitrogens with zero attached hydrogens (tertiary/aromatic N) is 2. The first-order valence-electron chi connectivity index (χ1n) is 7.18. The molecule has 0 bridgehead atoms. The molecule has 0 aliphatic carbocycles. The number of phenolic OH excluding ortho intramolecular Hbond substituents is 1. The van der Waals surface area contributed by atoms with Gasteiger partial charge in [-0.05, 0) is 35.7 Å². The van der Waals surface area contributed by atoms with E-state index in [0.29, 0.717) is 5.82 Å². The fourth-order valence-corrected chi connectivity index (χ4v) is 2.65. The van der Waals surface area contributed by atoms with Crippen LogP contribution in [0.4, 0.5) is 5.82 Å². The van der Waals surface area contributed by atoms with Crippen LogP contribution in [0.5, 0.6) is 5.75 Å². The Bertz CT molecular complexity index is 783. The number of phenols is 1. The summed E-state index contributed by atoms with van der Waals surface area (Å²) in [7, 11) is 0. The van der Waals surface area contributed by atoms with Gasteiger partial charge >= 0.3 is 0 Å². The van der Waals surface area contributed by atoms with Crippen LogP contribution in [-0.2, 0) is 6.42 Å². The SMILES string of the molecule is CCc1c(-c2cccnc2)cnc(N)c1-c1ccc(O)cc1. The number of aromatic nitrogens is 2. The maximum absolute atomic E-state index is 9.48. The van der Waals surface area contributed by atoms with Crippen LogP contribution in [-0.4, -0.2) is 15.1 Å². The van der Waals surface area contributed by atoms with Gasteiger partial charge in [0.05, 0.1) is 0 Å². The predicted octanol–water partition coefficient (Wildman–Crippen LogP) is 3.66. The Kier molecular flexibility index (Phi) is 3.74. The maximum atomic E-state index is 9.48. The highest BCUT2D eigenvalue weighted by atomic mass is 16.3. The standard InChI is InChI=1S/C18H17N3O/c1-2-15-16(13-4-3-9-20-10-13)11-21-18(19)17(15)12-5-7-14(22)8-6-12/h3-11,22H,2H2,1H3,(H2,19,21). The smallest absolute Gasteiger partial charge is 0.131 e. The summed E-state index contributed by atoms with van der Waals surface area (Å²) in [6.45, 7) is 2.10. The summed E-state index contributed by atoms with van der Waals surface area (Å²) in [6.07, 6.45) is 6.20. The summed E-state index contributed by atoms with van der Waals surface area (Å²) in [5, 5.41) is 9.48. The topological polar surface area (TPSA) is 72.0 Å². The number of hydrogen-bond donors (Lipinski definition) is 2. The lowest BCUT2D eigenvalue weighted by molar-refractivity contribution is 0.475. The Hall–Kier alpha value is -2.88. The van der Waals surface area contributed by atoms with Crippen molar-refractivity contribution in [2.24, 2.45) is 0 Å². The van der Waals surface area contributed by atoms with E-state index in [-0.39, 0.29) is 5.75 Å².